The van der Waals surface area contributed by atoms with E-state index in [1.165, 1.54) is 11.1 Å². The lowest BCUT2D eigenvalue weighted by Crippen LogP contribution is -2.37. The molecule has 6 rings (SSSR count). The highest BCUT2D eigenvalue weighted by atomic mass is 35.5. The van der Waals surface area contributed by atoms with E-state index >= 15 is 0 Å². The Morgan fingerprint density at radius 3 is 2.62 bits per heavy atom. The molecule has 10 heteroatoms. The number of hydrogen-bond donors (Lipinski definition) is 2. The van der Waals surface area contributed by atoms with Gasteiger partial charge in [-0.25, -0.2) is 0 Å². The second-order valence-electron chi connectivity index (χ2n) is 10.7. The van der Waals surface area contributed by atoms with Crippen molar-refractivity contribution in [1.82, 2.24) is 14.8 Å². The van der Waals surface area contributed by atoms with Crippen LogP contribution in [0.4, 0.5) is 5.69 Å². The zero-order valence-electron chi connectivity index (χ0n) is 23.1. The smallest absolute Gasteiger partial charge is 0.257 e. The number of fused-ring (bicyclic) bond motifs is 1. The standard InChI is InChI=1S/C32H29ClN4O5/c1-35(17-26(38)28-13-21-5-3-4-6-27(21)42-28)15-20-11-23-30-25(12-20)36(2)29(39)18-37(30)16-24(31(23)40)32(41)34-14-19-7-9-22(33)10-8-19/h3-13,16,26,38H,14-15,17-18H2,1-2H3,(H,34,41)/t26-/m0/s1. The summed E-state index contributed by atoms with van der Waals surface area (Å²) in [6.07, 6.45) is 0.602. The number of pyridine rings is 1. The third-order valence-corrected chi connectivity index (χ3v) is 7.83. The number of anilines is 1. The molecule has 0 bridgehead atoms. The van der Waals surface area contributed by atoms with Gasteiger partial charge in [-0.05, 0) is 54.6 Å². The number of carbonyl (C=O) groups excluding carboxylic acids is 2. The number of aromatic nitrogens is 1. The largest absolute Gasteiger partial charge is 0.458 e. The van der Waals surface area contributed by atoms with Crippen molar-refractivity contribution in [2.45, 2.75) is 25.7 Å². The van der Waals surface area contributed by atoms with Gasteiger partial charge in [0.15, 0.2) is 0 Å². The number of aliphatic hydroxyl groups is 1. The van der Waals surface area contributed by atoms with E-state index in [-0.39, 0.29) is 31.1 Å². The number of amides is 2. The molecule has 42 heavy (non-hydrogen) atoms. The Labute approximate surface area is 246 Å². The molecule has 0 fully saturated rings. The molecule has 3 aromatic carbocycles. The van der Waals surface area contributed by atoms with Crippen LogP contribution in [-0.4, -0.2) is 47.0 Å². The van der Waals surface area contributed by atoms with Crippen molar-refractivity contribution in [2.24, 2.45) is 0 Å². The number of hydrogen-bond acceptors (Lipinski definition) is 6. The Bertz CT molecular complexity index is 1860. The summed E-state index contributed by atoms with van der Waals surface area (Å²) in [5.41, 5.74) is 3.06. The first-order valence-electron chi connectivity index (χ1n) is 13.5. The summed E-state index contributed by atoms with van der Waals surface area (Å²) >= 11 is 5.95. The van der Waals surface area contributed by atoms with Crippen molar-refractivity contribution < 1.29 is 19.1 Å². The zero-order chi connectivity index (χ0) is 29.5. The molecule has 0 aliphatic carbocycles. The Kier molecular flexibility index (Phi) is 7.32. The molecule has 2 N–H and O–H groups in total. The second-order valence-corrected chi connectivity index (χ2v) is 11.1. The fourth-order valence-electron chi connectivity index (χ4n) is 5.40. The summed E-state index contributed by atoms with van der Waals surface area (Å²) in [5, 5.41) is 15.5. The number of halogens is 1. The van der Waals surface area contributed by atoms with Crippen LogP contribution in [0.3, 0.4) is 0 Å². The van der Waals surface area contributed by atoms with Crippen molar-refractivity contribution in [3.63, 3.8) is 0 Å². The van der Waals surface area contributed by atoms with Crippen LogP contribution in [0, 0.1) is 0 Å². The highest BCUT2D eigenvalue weighted by Crippen LogP contribution is 2.31. The summed E-state index contributed by atoms with van der Waals surface area (Å²) < 4.78 is 7.49. The number of para-hydroxylation sites is 1. The van der Waals surface area contributed by atoms with E-state index in [1.807, 2.05) is 48.3 Å². The maximum atomic E-state index is 13.7. The van der Waals surface area contributed by atoms with Crippen LogP contribution in [-0.2, 0) is 24.4 Å². The van der Waals surface area contributed by atoms with Gasteiger partial charge >= 0.3 is 0 Å². The molecule has 0 unspecified atom stereocenters. The summed E-state index contributed by atoms with van der Waals surface area (Å²) in [7, 11) is 3.53. The fraction of sp³-hybridized carbons (Fsp3) is 0.219. The van der Waals surface area contributed by atoms with Gasteiger partial charge in [0, 0.05) is 48.7 Å². The van der Waals surface area contributed by atoms with E-state index in [2.05, 4.69) is 5.32 Å². The first kappa shape index (κ1) is 27.7. The molecule has 5 aromatic rings. The molecule has 0 spiro atoms. The molecule has 3 heterocycles. The minimum absolute atomic E-state index is 0.0146. The van der Waals surface area contributed by atoms with Gasteiger partial charge in [0.2, 0.25) is 11.3 Å². The summed E-state index contributed by atoms with van der Waals surface area (Å²) in [4.78, 5) is 43.2. The van der Waals surface area contributed by atoms with Crippen LogP contribution >= 0.6 is 11.6 Å². The monoisotopic (exact) mass is 584 g/mol. The van der Waals surface area contributed by atoms with Gasteiger partial charge in [-0.1, -0.05) is 41.9 Å². The van der Waals surface area contributed by atoms with Crippen LogP contribution < -0.4 is 15.6 Å². The van der Waals surface area contributed by atoms with Gasteiger partial charge in [-0.3, -0.25) is 19.3 Å². The topological polar surface area (TPSA) is 108 Å². The summed E-state index contributed by atoms with van der Waals surface area (Å²) in [6.45, 7) is 0.896. The minimum Gasteiger partial charge on any atom is -0.458 e. The first-order valence-corrected chi connectivity index (χ1v) is 13.9. The molecular formula is C32H29ClN4O5. The van der Waals surface area contributed by atoms with Gasteiger partial charge < -0.3 is 24.3 Å². The van der Waals surface area contributed by atoms with Crippen molar-refractivity contribution >= 4 is 51.0 Å². The van der Waals surface area contributed by atoms with Crippen molar-refractivity contribution in [3.8, 4) is 0 Å². The van der Waals surface area contributed by atoms with Crippen LogP contribution in [0.25, 0.3) is 21.9 Å². The summed E-state index contributed by atoms with van der Waals surface area (Å²) in [5.74, 6) is -0.213. The van der Waals surface area contributed by atoms with E-state index in [1.54, 1.807) is 41.9 Å². The molecule has 2 aromatic heterocycles. The van der Waals surface area contributed by atoms with Gasteiger partial charge in [-0.15, -0.1) is 0 Å². The quantitative estimate of drug-likeness (QED) is 0.279. The highest BCUT2D eigenvalue weighted by molar-refractivity contribution is 6.30. The predicted octanol–water partition coefficient (Wildman–Crippen LogP) is 4.47. The number of carbonyl (C=O) groups is 2. The van der Waals surface area contributed by atoms with Crippen LogP contribution in [0.1, 0.15) is 33.3 Å². The average Bonchev–Trinajstić information content (AvgIpc) is 3.41. The SMILES string of the molecule is CN(Cc1cc2c3c(c1)c(=O)c(C(=O)NCc1ccc(Cl)cc1)cn3CC(=O)N2C)C[C@H](O)c1cc2ccccc2o1. The lowest BCUT2D eigenvalue weighted by molar-refractivity contribution is -0.119. The number of rotatable bonds is 8. The van der Waals surface area contributed by atoms with E-state index < -0.39 is 17.4 Å². The van der Waals surface area contributed by atoms with E-state index in [0.717, 1.165) is 16.5 Å². The Morgan fingerprint density at radius 1 is 1.10 bits per heavy atom. The number of benzene rings is 3. The van der Waals surface area contributed by atoms with Crippen molar-refractivity contribution in [3.05, 3.63) is 111 Å². The number of furan rings is 1. The van der Waals surface area contributed by atoms with Gasteiger partial charge in [0.25, 0.3) is 5.91 Å². The number of nitrogens with zero attached hydrogens (tertiary/aromatic N) is 3. The first-order chi connectivity index (χ1) is 20.2. The third kappa shape index (κ3) is 5.30. The number of nitrogens with one attached hydrogen (secondary N) is 1. The van der Waals surface area contributed by atoms with Gasteiger partial charge in [0.05, 0.1) is 11.2 Å². The lowest BCUT2D eigenvalue weighted by atomic mass is 10.0. The Hall–Kier alpha value is -4.44. The van der Waals surface area contributed by atoms with Gasteiger partial charge in [-0.2, -0.15) is 0 Å². The van der Waals surface area contributed by atoms with E-state index in [4.69, 9.17) is 16.0 Å². The molecule has 1 atom stereocenters. The Balaban J connectivity index is 1.28. The third-order valence-electron chi connectivity index (χ3n) is 7.57. The molecule has 1 aliphatic heterocycles. The fourth-order valence-corrected chi connectivity index (χ4v) is 5.53. The average molecular weight is 585 g/mol. The molecular weight excluding hydrogens is 556 g/mol. The van der Waals surface area contributed by atoms with Crippen molar-refractivity contribution in [2.75, 3.05) is 25.5 Å². The number of likely N-dealkylation sites (N-methyl/N-ethyl adjacent to an activating group) is 2. The van der Waals surface area contributed by atoms with Crippen LogP contribution in [0.15, 0.2) is 82.1 Å². The molecule has 214 valence electrons. The predicted molar refractivity (Wildman–Crippen MR) is 162 cm³/mol. The van der Waals surface area contributed by atoms with Crippen molar-refractivity contribution in [1.29, 1.82) is 0 Å². The maximum Gasteiger partial charge on any atom is 0.257 e. The van der Waals surface area contributed by atoms with E-state index in [9.17, 15) is 19.5 Å². The Morgan fingerprint density at radius 2 is 1.86 bits per heavy atom. The molecule has 9 nitrogen and oxygen atoms in total. The molecule has 2 amide bonds. The zero-order valence-corrected chi connectivity index (χ0v) is 23.9. The van der Waals surface area contributed by atoms with Gasteiger partial charge in [0.1, 0.15) is 29.6 Å². The molecule has 0 saturated carbocycles. The van der Waals surface area contributed by atoms with Crippen LogP contribution in [0.5, 0.6) is 0 Å². The summed E-state index contributed by atoms with van der Waals surface area (Å²) in [6, 6.07) is 20.1. The molecule has 0 radical (unpaired) electrons. The maximum absolute atomic E-state index is 13.7. The normalized spacial score (nSPS) is 13.7. The van der Waals surface area contributed by atoms with Crippen LogP contribution in [0.2, 0.25) is 5.02 Å². The minimum atomic E-state index is -0.862. The number of aliphatic hydroxyl groups excluding tert-OH is 1. The second kappa shape index (κ2) is 11.1. The molecule has 0 saturated heterocycles. The van der Waals surface area contributed by atoms with E-state index in [0.29, 0.717) is 39.5 Å². The molecule has 1 aliphatic rings. The lowest BCUT2D eigenvalue weighted by Gasteiger charge is -2.29. The highest BCUT2D eigenvalue weighted by Gasteiger charge is 2.27.